The summed E-state index contributed by atoms with van der Waals surface area (Å²) >= 11 is 1.81. The van der Waals surface area contributed by atoms with Gasteiger partial charge in [-0.05, 0) is 42.7 Å². The lowest BCUT2D eigenvalue weighted by Gasteiger charge is -2.36. The number of carbonyl (C=O) groups is 1. The Morgan fingerprint density at radius 3 is 3.10 bits per heavy atom. The Balaban J connectivity index is 1.75. The minimum atomic E-state index is -0.280. The van der Waals surface area contributed by atoms with Crippen LogP contribution in [0.15, 0.2) is 11.4 Å². The zero-order valence-electron chi connectivity index (χ0n) is 11.9. The Morgan fingerprint density at radius 2 is 2.40 bits per heavy atom. The summed E-state index contributed by atoms with van der Waals surface area (Å²) in [6, 6.07) is 2.39. The molecule has 3 atom stereocenters. The molecule has 1 fully saturated rings. The highest BCUT2D eigenvalue weighted by Crippen LogP contribution is 2.36. The van der Waals surface area contributed by atoms with Crippen LogP contribution in [-0.4, -0.2) is 36.1 Å². The molecule has 0 aliphatic carbocycles. The molecule has 1 unspecified atom stereocenters. The van der Waals surface area contributed by atoms with Crippen LogP contribution in [0.3, 0.4) is 0 Å². The molecule has 2 N–H and O–H groups in total. The molecule has 1 saturated heterocycles. The number of nitrogens with two attached hydrogens (primary N) is 1. The Bertz CT molecular complexity index is 488. The van der Waals surface area contributed by atoms with E-state index in [1.54, 1.807) is 0 Å². The molecule has 0 aromatic carbocycles. The second-order valence-corrected chi connectivity index (χ2v) is 6.57. The molecule has 1 aromatic rings. The van der Waals surface area contributed by atoms with Gasteiger partial charge in [0, 0.05) is 18.0 Å². The first-order valence-electron chi connectivity index (χ1n) is 7.46. The number of hydrogen-bond donors (Lipinski definition) is 1. The van der Waals surface area contributed by atoms with Crippen molar-refractivity contribution in [2.75, 3.05) is 13.1 Å². The van der Waals surface area contributed by atoms with Gasteiger partial charge in [0.1, 0.15) is 6.10 Å². The van der Waals surface area contributed by atoms with Crippen molar-refractivity contribution in [2.45, 2.75) is 50.9 Å². The largest absolute Gasteiger partial charge is 0.364 e. The Hall–Kier alpha value is -0.910. The molecule has 0 radical (unpaired) electrons. The number of rotatable bonds is 3. The number of ether oxygens (including phenoxy) is 1. The quantitative estimate of drug-likeness (QED) is 0.928. The fourth-order valence-corrected chi connectivity index (χ4v) is 4.27. The molecule has 2 aliphatic heterocycles. The highest BCUT2D eigenvalue weighted by molar-refractivity contribution is 7.10. The van der Waals surface area contributed by atoms with Crippen LogP contribution >= 0.6 is 11.3 Å². The summed E-state index contributed by atoms with van der Waals surface area (Å²) in [4.78, 5) is 16.2. The van der Waals surface area contributed by atoms with Crippen molar-refractivity contribution in [3.05, 3.63) is 21.9 Å². The van der Waals surface area contributed by atoms with Crippen LogP contribution in [0.4, 0.5) is 0 Å². The third-order valence-corrected chi connectivity index (χ3v) is 5.41. The van der Waals surface area contributed by atoms with Gasteiger partial charge in [-0.25, -0.2) is 0 Å². The molecule has 2 aliphatic rings. The van der Waals surface area contributed by atoms with E-state index in [4.69, 9.17) is 10.5 Å². The lowest BCUT2D eigenvalue weighted by atomic mass is 9.97. The van der Waals surface area contributed by atoms with E-state index in [2.05, 4.69) is 18.4 Å². The van der Waals surface area contributed by atoms with Crippen molar-refractivity contribution >= 4 is 17.2 Å². The second-order valence-electron chi connectivity index (χ2n) is 5.56. The fourth-order valence-electron chi connectivity index (χ4n) is 3.35. The fraction of sp³-hybridized carbons (Fsp3) is 0.667. The van der Waals surface area contributed by atoms with Gasteiger partial charge in [0.2, 0.25) is 0 Å². The Kier molecular flexibility index (Phi) is 4.10. The standard InChI is InChI=1S/C15H22N2O2S/c1-2-12-11-6-8-20-14(11)5-7-17(12)15(18)13-4-3-10(9-16)19-13/h6,8,10,12-13H,2-5,7,9,16H2,1H3/t10-,12?,13+/m1/s1. The normalized spacial score (nSPS) is 29.5. The molecule has 1 aromatic heterocycles. The predicted octanol–water partition coefficient (Wildman–Crippen LogP) is 2.09. The summed E-state index contributed by atoms with van der Waals surface area (Å²) in [5.74, 6) is 0.157. The average molecular weight is 294 g/mol. The van der Waals surface area contributed by atoms with Gasteiger partial charge in [-0.3, -0.25) is 4.79 Å². The van der Waals surface area contributed by atoms with Gasteiger partial charge in [-0.15, -0.1) is 11.3 Å². The van der Waals surface area contributed by atoms with Crippen LogP contribution in [0.1, 0.15) is 42.7 Å². The number of nitrogens with zero attached hydrogens (tertiary/aromatic N) is 1. The summed E-state index contributed by atoms with van der Waals surface area (Å²) in [6.07, 6.45) is 3.43. The predicted molar refractivity (Wildman–Crippen MR) is 79.7 cm³/mol. The minimum absolute atomic E-state index is 0.0607. The maximum atomic E-state index is 12.7. The molecule has 110 valence electrons. The molecule has 1 amide bonds. The summed E-state index contributed by atoms with van der Waals surface area (Å²) < 4.78 is 5.77. The van der Waals surface area contributed by atoms with Crippen LogP contribution in [0, 0.1) is 0 Å². The highest BCUT2D eigenvalue weighted by Gasteiger charge is 2.37. The van der Waals surface area contributed by atoms with Crippen molar-refractivity contribution < 1.29 is 9.53 Å². The summed E-state index contributed by atoms with van der Waals surface area (Å²) in [5.41, 5.74) is 6.97. The third-order valence-electron chi connectivity index (χ3n) is 4.41. The number of amides is 1. The van der Waals surface area contributed by atoms with Crippen molar-refractivity contribution in [1.82, 2.24) is 4.90 Å². The molecule has 0 bridgehead atoms. The topological polar surface area (TPSA) is 55.6 Å². The highest BCUT2D eigenvalue weighted by atomic mass is 32.1. The zero-order chi connectivity index (χ0) is 14.1. The molecular weight excluding hydrogens is 272 g/mol. The molecule has 0 saturated carbocycles. The smallest absolute Gasteiger partial charge is 0.252 e. The minimum Gasteiger partial charge on any atom is -0.364 e. The lowest BCUT2D eigenvalue weighted by Crippen LogP contribution is -2.44. The Labute approximate surface area is 123 Å². The first kappa shape index (κ1) is 14.0. The van der Waals surface area contributed by atoms with E-state index < -0.39 is 0 Å². The maximum Gasteiger partial charge on any atom is 0.252 e. The van der Waals surface area contributed by atoms with Gasteiger partial charge >= 0.3 is 0 Å². The van der Waals surface area contributed by atoms with Crippen molar-refractivity contribution in [1.29, 1.82) is 0 Å². The monoisotopic (exact) mass is 294 g/mol. The Morgan fingerprint density at radius 1 is 1.55 bits per heavy atom. The lowest BCUT2D eigenvalue weighted by molar-refractivity contribution is -0.145. The van der Waals surface area contributed by atoms with Crippen LogP contribution < -0.4 is 5.73 Å². The van der Waals surface area contributed by atoms with Crippen LogP contribution in [0.25, 0.3) is 0 Å². The summed E-state index contributed by atoms with van der Waals surface area (Å²) in [7, 11) is 0. The van der Waals surface area contributed by atoms with E-state index in [9.17, 15) is 4.79 Å². The van der Waals surface area contributed by atoms with Gasteiger partial charge in [0.15, 0.2) is 0 Å². The average Bonchev–Trinajstić information content (AvgIpc) is 3.13. The number of hydrogen-bond acceptors (Lipinski definition) is 4. The number of fused-ring (bicyclic) bond motifs is 1. The maximum absolute atomic E-state index is 12.7. The first-order chi connectivity index (χ1) is 9.74. The van der Waals surface area contributed by atoms with E-state index in [1.807, 2.05) is 16.2 Å². The van der Waals surface area contributed by atoms with Crippen molar-refractivity contribution in [3.63, 3.8) is 0 Å². The number of carbonyl (C=O) groups excluding carboxylic acids is 1. The van der Waals surface area contributed by atoms with Crippen molar-refractivity contribution in [2.24, 2.45) is 5.73 Å². The van der Waals surface area contributed by atoms with E-state index in [0.717, 1.165) is 32.2 Å². The van der Waals surface area contributed by atoms with E-state index in [0.29, 0.717) is 6.54 Å². The van der Waals surface area contributed by atoms with E-state index >= 15 is 0 Å². The van der Waals surface area contributed by atoms with E-state index in [1.165, 1.54) is 10.4 Å². The first-order valence-corrected chi connectivity index (χ1v) is 8.34. The summed E-state index contributed by atoms with van der Waals surface area (Å²) in [6.45, 7) is 3.48. The van der Waals surface area contributed by atoms with Gasteiger partial charge in [-0.2, -0.15) is 0 Å². The van der Waals surface area contributed by atoms with Crippen molar-refractivity contribution in [3.8, 4) is 0 Å². The van der Waals surface area contributed by atoms with Crippen LogP contribution in [0.2, 0.25) is 0 Å². The number of thiophene rings is 1. The molecule has 20 heavy (non-hydrogen) atoms. The van der Waals surface area contributed by atoms with Gasteiger partial charge in [-0.1, -0.05) is 6.92 Å². The van der Waals surface area contributed by atoms with Gasteiger partial charge in [0.05, 0.1) is 12.1 Å². The third kappa shape index (κ3) is 2.38. The van der Waals surface area contributed by atoms with Crippen LogP contribution in [-0.2, 0) is 16.0 Å². The van der Waals surface area contributed by atoms with Gasteiger partial charge in [0.25, 0.3) is 5.91 Å². The zero-order valence-corrected chi connectivity index (χ0v) is 12.7. The van der Waals surface area contributed by atoms with Crippen LogP contribution in [0.5, 0.6) is 0 Å². The molecule has 5 heteroatoms. The molecule has 0 spiro atoms. The van der Waals surface area contributed by atoms with E-state index in [-0.39, 0.29) is 24.2 Å². The van der Waals surface area contributed by atoms with Gasteiger partial charge < -0.3 is 15.4 Å². The SMILES string of the molecule is CCC1c2ccsc2CCN1C(=O)[C@@H]1CC[C@H](CN)O1. The molecular formula is C15H22N2O2S. The second kappa shape index (κ2) is 5.84. The summed E-state index contributed by atoms with van der Waals surface area (Å²) in [5, 5.41) is 2.14. The molecule has 3 rings (SSSR count). The molecule has 3 heterocycles. The molecule has 4 nitrogen and oxygen atoms in total.